The molecule has 0 fully saturated rings. The van der Waals surface area contributed by atoms with Gasteiger partial charge < -0.3 is 0 Å². The van der Waals surface area contributed by atoms with Crippen molar-refractivity contribution in [1.29, 1.82) is 0 Å². The van der Waals surface area contributed by atoms with E-state index in [-0.39, 0.29) is 0 Å². The van der Waals surface area contributed by atoms with Gasteiger partial charge in [-0.2, -0.15) is 0 Å². The molecular weight excluding hydrogens is 336 g/mol. The van der Waals surface area contributed by atoms with Gasteiger partial charge in [-0.3, -0.25) is 0 Å². The molecule has 0 N–H and O–H groups in total. The van der Waals surface area contributed by atoms with Crippen molar-refractivity contribution in [3.8, 4) is 0 Å². The van der Waals surface area contributed by atoms with Crippen molar-refractivity contribution in [2.24, 2.45) is 0 Å². The van der Waals surface area contributed by atoms with Gasteiger partial charge in [0.15, 0.2) is 0 Å². The third-order valence-electron chi connectivity index (χ3n) is 5.00. The van der Waals surface area contributed by atoms with Gasteiger partial charge in [0.25, 0.3) is 0 Å². The number of hydrogen-bond acceptors (Lipinski definition) is 0. The van der Waals surface area contributed by atoms with Gasteiger partial charge in [-0.25, -0.2) is 0 Å². The summed E-state index contributed by atoms with van der Waals surface area (Å²) >= 11 is 0. The molecular formula is C28H28. The van der Waals surface area contributed by atoms with Crippen molar-refractivity contribution >= 4 is 0 Å². The highest BCUT2D eigenvalue weighted by atomic mass is 14.0. The van der Waals surface area contributed by atoms with Crippen molar-refractivity contribution in [3.05, 3.63) is 143 Å². The summed E-state index contributed by atoms with van der Waals surface area (Å²) in [5.41, 5.74) is 8.33. The Balaban J connectivity index is 0.000000161. The Bertz CT molecular complexity index is 886. The van der Waals surface area contributed by atoms with E-state index in [1.165, 1.54) is 33.4 Å². The molecule has 0 unspecified atom stereocenters. The topological polar surface area (TPSA) is 0 Å². The van der Waals surface area contributed by atoms with Gasteiger partial charge in [-0.15, -0.1) is 0 Å². The lowest BCUT2D eigenvalue weighted by Crippen LogP contribution is -1.90. The Hall–Kier alpha value is -3.12. The van der Waals surface area contributed by atoms with Crippen LogP contribution in [0.3, 0.4) is 0 Å². The molecule has 28 heavy (non-hydrogen) atoms. The fraction of sp³-hybridized carbons (Fsp3) is 0.143. The van der Waals surface area contributed by atoms with Crippen LogP contribution >= 0.6 is 0 Å². The van der Waals surface area contributed by atoms with E-state index in [2.05, 4.69) is 123 Å². The first-order chi connectivity index (χ1) is 13.7. The van der Waals surface area contributed by atoms with Crippen LogP contribution in [0.2, 0.25) is 0 Å². The lowest BCUT2D eigenvalue weighted by atomic mass is 10.0. The minimum atomic E-state index is 1.04. The Morgan fingerprint density at radius 3 is 1.07 bits per heavy atom. The summed E-state index contributed by atoms with van der Waals surface area (Å²) in [6.07, 6.45) is 2.07. The van der Waals surface area contributed by atoms with Crippen LogP contribution in [0.4, 0.5) is 0 Å². The molecule has 0 nitrogen and oxygen atoms in total. The van der Waals surface area contributed by atoms with Crippen LogP contribution in [-0.4, -0.2) is 0 Å². The fourth-order valence-corrected chi connectivity index (χ4v) is 3.25. The minimum absolute atomic E-state index is 1.04. The predicted molar refractivity (Wildman–Crippen MR) is 121 cm³/mol. The second-order valence-corrected chi connectivity index (χ2v) is 7.18. The van der Waals surface area contributed by atoms with E-state index in [0.717, 1.165) is 12.8 Å². The van der Waals surface area contributed by atoms with E-state index in [0.29, 0.717) is 0 Å². The summed E-state index contributed by atoms with van der Waals surface area (Å²) < 4.78 is 0. The van der Waals surface area contributed by atoms with E-state index in [4.69, 9.17) is 0 Å². The molecule has 0 amide bonds. The van der Waals surface area contributed by atoms with Crippen molar-refractivity contribution in [2.45, 2.75) is 26.7 Å². The van der Waals surface area contributed by atoms with Gasteiger partial charge in [0.2, 0.25) is 0 Å². The zero-order chi connectivity index (χ0) is 19.6. The summed E-state index contributed by atoms with van der Waals surface area (Å²) in [7, 11) is 0. The molecule has 0 heterocycles. The zero-order valence-electron chi connectivity index (χ0n) is 16.8. The van der Waals surface area contributed by atoms with Gasteiger partial charge in [0.1, 0.15) is 0 Å². The lowest BCUT2D eigenvalue weighted by molar-refractivity contribution is 1.16. The van der Waals surface area contributed by atoms with Crippen LogP contribution in [0.15, 0.2) is 109 Å². The van der Waals surface area contributed by atoms with Crippen molar-refractivity contribution in [2.75, 3.05) is 0 Å². The van der Waals surface area contributed by atoms with E-state index in [1.54, 1.807) is 0 Å². The number of benzene rings is 4. The summed E-state index contributed by atoms with van der Waals surface area (Å²) in [6, 6.07) is 38.3. The molecule has 0 aliphatic carbocycles. The maximum absolute atomic E-state index is 2.20. The largest absolute Gasteiger partial charge is 0.0622 e. The maximum atomic E-state index is 2.20. The molecule has 0 saturated carbocycles. The molecule has 0 spiro atoms. The first-order valence-electron chi connectivity index (χ1n) is 9.89. The number of aryl methyl sites for hydroxylation is 2. The third-order valence-corrected chi connectivity index (χ3v) is 5.00. The number of rotatable bonds is 4. The Labute approximate surface area is 169 Å². The fourth-order valence-electron chi connectivity index (χ4n) is 3.25. The highest BCUT2D eigenvalue weighted by molar-refractivity contribution is 5.32. The molecule has 0 radical (unpaired) electrons. The molecule has 0 bridgehead atoms. The van der Waals surface area contributed by atoms with E-state index in [1.807, 2.05) is 0 Å². The number of hydrogen-bond donors (Lipinski definition) is 0. The lowest BCUT2D eigenvalue weighted by Gasteiger charge is -2.04. The van der Waals surface area contributed by atoms with Crippen LogP contribution < -0.4 is 0 Å². The molecule has 0 saturated heterocycles. The van der Waals surface area contributed by atoms with Crippen LogP contribution in [0, 0.1) is 13.8 Å². The third kappa shape index (κ3) is 5.96. The second kappa shape index (κ2) is 10.3. The average molecular weight is 365 g/mol. The van der Waals surface area contributed by atoms with Gasteiger partial charge in [0.05, 0.1) is 0 Å². The second-order valence-electron chi connectivity index (χ2n) is 7.18. The quantitative estimate of drug-likeness (QED) is 0.360. The standard InChI is InChI=1S/2C14H14/c2*1-12-7-5-6-10-14(12)11-13-8-3-2-4-9-13/h2*2-10H,11H2,1H3. The van der Waals surface area contributed by atoms with E-state index in [9.17, 15) is 0 Å². The van der Waals surface area contributed by atoms with Crippen LogP contribution in [0.1, 0.15) is 33.4 Å². The van der Waals surface area contributed by atoms with Gasteiger partial charge in [-0.05, 0) is 60.1 Å². The zero-order valence-corrected chi connectivity index (χ0v) is 16.8. The molecule has 0 aliphatic heterocycles. The van der Waals surface area contributed by atoms with Gasteiger partial charge in [0, 0.05) is 0 Å². The van der Waals surface area contributed by atoms with E-state index >= 15 is 0 Å². The molecule has 140 valence electrons. The molecule has 4 rings (SSSR count). The van der Waals surface area contributed by atoms with Crippen LogP contribution in [0.5, 0.6) is 0 Å². The molecule has 4 aromatic rings. The summed E-state index contributed by atoms with van der Waals surface area (Å²) in [6.45, 7) is 4.33. The molecule has 4 aromatic carbocycles. The van der Waals surface area contributed by atoms with Crippen molar-refractivity contribution < 1.29 is 0 Å². The normalized spacial score (nSPS) is 10.1. The summed E-state index contributed by atoms with van der Waals surface area (Å²) in [5, 5.41) is 0. The molecule has 0 aromatic heterocycles. The summed E-state index contributed by atoms with van der Waals surface area (Å²) in [5.74, 6) is 0. The Morgan fingerprint density at radius 2 is 0.714 bits per heavy atom. The SMILES string of the molecule is Cc1ccccc1Cc1ccccc1.Cc1ccccc1Cc1ccccc1. The first-order valence-corrected chi connectivity index (χ1v) is 9.89. The van der Waals surface area contributed by atoms with Gasteiger partial charge in [-0.1, -0.05) is 109 Å². The van der Waals surface area contributed by atoms with E-state index < -0.39 is 0 Å². The average Bonchev–Trinajstić information content (AvgIpc) is 2.74. The summed E-state index contributed by atoms with van der Waals surface area (Å²) in [4.78, 5) is 0. The smallest absolute Gasteiger partial charge is 0.00232 e. The van der Waals surface area contributed by atoms with Crippen LogP contribution in [0.25, 0.3) is 0 Å². The predicted octanol–water partition coefficient (Wildman–Crippen LogP) is 7.17. The van der Waals surface area contributed by atoms with Crippen molar-refractivity contribution in [1.82, 2.24) is 0 Å². The van der Waals surface area contributed by atoms with Gasteiger partial charge >= 0.3 is 0 Å². The molecule has 0 heteroatoms. The van der Waals surface area contributed by atoms with Crippen LogP contribution in [-0.2, 0) is 12.8 Å². The molecule has 0 aliphatic rings. The van der Waals surface area contributed by atoms with Crippen molar-refractivity contribution in [3.63, 3.8) is 0 Å². The minimum Gasteiger partial charge on any atom is -0.0622 e. The maximum Gasteiger partial charge on any atom is -0.00232 e. The Kier molecular flexibility index (Phi) is 7.21. The Morgan fingerprint density at radius 1 is 0.393 bits per heavy atom. The molecule has 0 atom stereocenters. The monoisotopic (exact) mass is 364 g/mol. The highest BCUT2D eigenvalue weighted by Crippen LogP contribution is 2.13. The highest BCUT2D eigenvalue weighted by Gasteiger charge is 1.98. The first kappa shape index (κ1) is 19.6.